The van der Waals surface area contributed by atoms with Crippen molar-refractivity contribution in [2.24, 2.45) is 0 Å². The average molecular weight is 395 g/mol. The van der Waals surface area contributed by atoms with E-state index in [1.165, 1.54) is 11.1 Å². The Kier molecular flexibility index (Phi) is 4.22. The number of hydrogen-bond donors (Lipinski definition) is 0. The largest absolute Gasteiger partial charge is 0.455 e. The van der Waals surface area contributed by atoms with E-state index in [0.717, 1.165) is 39.8 Å². The Morgan fingerprint density at radius 2 is 2.15 bits per heavy atom. The summed E-state index contributed by atoms with van der Waals surface area (Å²) in [5.41, 5.74) is 3.33. The Morgan fingerprint density at radius 1 is 1.25 bits per heavy atom. The van der Waals surface area contributed by atoms with Crippen LogP contribution in [0, 0.1) is 0 Å². The second-order valence-corrected chi connectivity index (χ2v) is 6.30. The quantitative estimate of drug-likeness (QED) is 0.672. The molecule has 2 heterocycles. The number of allylic oxidation sites excluding steroid dienone is 1. The minimum atomic E-state index is 0.844. The van der Waals surface area contributed by atoms with E-state index in [4.69, 9.17) is 4.74 Å². The summed E-state index contributed by atoms with van der Waals surface area (Å²) in [6.45, 7) is 0. The lowest BCUT2D eigenvalue weighted by molar-refractivity contribution is 0.509. The minimum Gasteiger partial charge on any atom is -0.455 e. The van der Waals surface area contributed by atoms with Gasteiger partial charge < -0.3 is 4.74 Å². The molecule has 102 valence electrons. The van der Waals surface area contributed by atoms with Crippen LogP contribution in [0.25, 0.3) is 5.76 Å². The van der Waals surface area contributed by atoms with Gasteiger partial charge in [-0.25, -0.2) is 0 Å². The molecule has 0 saturated heterocycles. The van der Waals surface area contributed by atoms with Crippen LogP contribution in [-0.4, -0.2) is 10.3 Å². The zero-order valence-corrected chi connectivity index (χ0v) is 13.9. The molecule has 1 aromatic carbocycles. The van der Waals surface area contributed by atoms with E-state index in [0.29, 0.717) is 0 Å². The summed E-state index contributed by atoms with van der Waals surface area (Å²) in [6, 6.07) is 10.3. The molecule has 2 nitrogen and oxygen atoms in total. The molecule has 0 aliphatic carbocycles. The summed E-state index contributed by atoms with van der Waals surface area (Å²) >= 11 is 6.95. The van der Waals surface area contributed by atoms with Crippen molar-refractivity contribution in [3.63, 3.8) is 0 Å². The third kappa shape index (κ3) is 2.81. The van der Waals surface area contributed by atoms with Gasteiger partial charge in [0.2, 0.25) is 0 Å². The number of ether oxygens (including phenoxy) is 1. The predicted molar refractivity (Wildman–Crippen MR) is 88.2 cm³/mol. The van der Waals surface area contributed by atoms with Crippen LogP contribution >= 0.6 is 31.9 Å². The Bertz CT molecular complexity index is 667. The van der Waals surface area contributed by atoms with Crippen LogP contribution in [0.3, 0.4) is 0 Å². The van der Waals surface area contributed by atoms with Crippen molar-refractivity contribution < 1.29 is 4.74 Å². The molecule has 0 amide bonds. The van der Waals surface area contributed by atoms with Gasteiger partial charge in [-0.2, -0.15) is 0 Å². The molecule has 0 atom stereocenters. The van der Waals surface area contributed by atoms with Gasteiger partial charge in [0, 0.05) is 22.4 Å². The van der Waals surface area contributed by atoms with Crippen molar-refractivity contribution in [2.75, 3.05) is 5.33 Å². The highest BCUT2D eigenvalue weighted by molar-refractivity contribution is 9.10. The summed E-state index contributed by atoms with van der Waals surface area (Å²) in [7, 11) is 0. The van der Waals surface area contributed by atoms with Crippen LogP contribution in [0.2, 0.25) is 0 Å². The monoisotopic (exact) mass is 393 g/mol. The molecule has 4 heteroatoms. The third-order valence-electron chi connectivity index (χ3n) is 3.19. The van der Waals surface area contributed by atoms with Crippen molar-refractivity contribution in [3.8, 4) is 5.75 Å². The second-order valence-electron chi connectivity index (χ2n) is 4.59. The highest BCUT2D eigenvalue weighted by atomic mass is 79.9. The Labute approximate surface area is 135 Å². The number of benzene rings is 1. The van der Waals surface area contributed by atoms with Gasteiger partial charge in [-0.1, -0.05) is 44.0 Å². The average Bonchev–Trinajstić information content (AvgIpc) is 2.61. The Balaban J connectivity index is 2.12. The summed E-state index contributed by atoms with van der Waals surface area (Å²) in [5, 5.41) is 0.910. The first-order valence-corrected chi connectivity index (χ1v) is 8.36. The van der Waals surface area contributed by atoms with Gasteiger partial charge in [-0.3, -0.25) is 4.98 Å². The van der Waals surface area contributed by atoms with E-state index in [1.54, 1.807) is 0 Å². The Morgan fingerprint density at radius 3 is 3.00 bits per heavy atom. The van der Waals surface area contributed by atoms with Crippen LogP contribution in [0.1, 0.15) is 23.2 Å². The van der Waals surface area contributed by atoms with Gasteiger partial charge >= 0.3 is 0 Å². The molecule has 1 aromatic heterocycles. The number of nitrogens with zero attached hydrogens (tertiary/aromatic N) is 1. The number of fused-ring (bicyclic) bond motifs is 2. The molecule has 0 bridgehead atoms. The zero-order chi connectivity index (χ0) is 13.9. The smallest absolute Gasteiger partial charge is 0.149 e. The first kappa shape index (κ1) is 13.8. The van der Waals surface area contributed by atoms with Gasteiger partial charge in [0.25, 0.3) is 0 Å². The molecular formula is C16H13Br2NO. The second kappa shape index (κ2) is 6.10. The topological polar surface area (TPSA) is 22.1 Å². The number of pyridine rings is 1. The number of hydrogen-bond acceptors (Lipinski definition) is 2. The molecule has 0 spiro atoms. The van der Waals surface area contributed by atoms with E-state index < -0.39 is 0 Å². The molecule has 2 aromatic rings. The SMILES string of the molecule is BrCCC=C1Oc2cc(Br)ccc2Cc2cccnc21. The van der Waals surface area contributed by atoms with E-state index in [2.05, 4.69) is 55.1 Å². The molecule has 0 N–H and O–H groups in total. The highest BCUT2D eigenvalue weighted by Gasteiger charge is 2.19. The van der Waals surface area contributed by atoms with E-state index in [-0.39, 0.29) is 0 Å². The normalized spacial score (nSPS) is 15.2. The maximum absolute atomic E-state index is 6.11. The van der Waals surface area contributed by atoms with Crippen molar-refractivity contribution in [2.45, 2.75) is 12.8 Å². The van der Waals surface area contributed by atoms with Crippen LogP contribution in [0.15, 0.2) is 47.1 Å². The number of aromatic nitrogens is 1. The van der Waals surface area contributed by atoms with Crippen molar-refractivity contribution in [1.82, 2.24) is 4.98 Å². The zero-order valence-electron chi connectivity index (χ0n) is 10.8. The summed E-state index contributed by atoms with van der Waals surface area (Å²) < 4.78 is 7.14. The fourth-order valence-corrected chi connectivity index (χ4v) is 2.84. The molecule has 3 rings (SSSR count). The lowest BCUT2D eigenvalue weighted by atomic mass is 10.0. The summed E-state index contributed by atoms with van der Waals surface area (Å²) in [5.74, 6) is 1.75. The fourth-order valence-electron chi connectivity index (χ4n) is 2.27. The standard InChI is InChI=1S/C16H13Br2NO/c17-7-1-4-14-16-12(3-2-8-19-16)9-11-5-6-13(18)10-15(11)20-14/h2-6,8,10H,1,7,9H2. The van der Waals surface area contributed by atoms with Crippen molar-refractivity contribution in [3.05, 3.63) is 63.9 Å². The number of alkyl halides is 1. The molecule has 0 unspecified atom stereocenters. The van der Waals surface area contributed by atoms with E-state index in [1.807, 2.05) is 24.4 Å². The third-order valence-corrected chi connectivity index (χ3v) is 4.14. The molecule has 1 aliphatic heterocycles. The molecular weight excluding hydrogens is 382 g/mol. The first-order valence-electron chi connectivity index (χ1n) is 6.44. The predicted octanol–water partition coefficient (Wildman–Crippen LogP) is 4.95. The molecule has 0 saturated carbocycles. The van der Waals surface area contributed by atoms with Crippen LogP contribution in [-0.2, 0) is 6.42 Å². The summed E-state index contributed by atoms with van der Waals surface area (Å²) in [4.78, 5) is 4.50. The summed E-state index contributed by atoms with van der Waals surface area (Å²) in [6.07, 6.45) is 5.67. The van der Waals surface area contributed by atoms with Crippen LogP contribution in [0.5, 0.6) is 5.75 Å². The van der Waals surface area contributed by atoms with Gasteiger partial charge in [0.15, 0.2) is 0 Å². The number of halogens is 2. The highest BCUT2D eigenvalue weighted by Crippen LogP contribution is 2.34. The maximum atomic E-state index is 6.11. The lowest BCUT2D eigenvalue weighted by Gasteiger charge is -2.09. The maximum Gasteiger partial charge on any atom is 0.149 e. The van der Waals surface area contributed by atoms with Crippen LogP contribution in [0.4, 0.5) is 0 Å². The van der Waals surface area contributed by atoms with Gasteiger partial charge in [0.1, 0.15) is 17.2 Å². The Hall–Kier alpha value is -1.13. The van der Waals surface area contributed by atoms with E-state index >= 15 is 0 Å². The molecule has 1 aliphatic rings. The molecule has 0 fully saturated rings. The van der Waals surface area contributed by atoms with Crippen molar-refractivity contribution >= 4 is 37.6 Å². The van der Waals surface area contributed by atoms with Crippen molar-refractivity contribution in [1.29, 1.82) is 0 Å². The van der Waals surface area contributed by atoms with Gasteiger partial charge in [-0.15, -0.1) is 0 Å². The molecule has 0 radical (unpaired) electrons. The lowest BCUT2D eigenvalue weighted by Crippen LogP contribution is -1.98. The fraction of sp³-hybridized carbons (Fsp3) is 0.188. The van der Waals surface area contributed by atoms with Gasteiger partial charge in [0.05, 0.1) is 0 Å². The number of rotatable bonds is 2. The van der Waals surface area contributed by atoms with Gasteiger partial charge in [-0.05, 0) is 41.8 Å². The van der Waals surface area contributed by atoms with Crippen LogP contribution < -0.4 is 4.74 Å². The minimum absolute atomic E-state index is 0.844. The molecule has 20 heavy (non-hydrogen) atoms. The van der Waals surface area contributed by atoms with E-state index in [9.17, 15) is 0 Å². The first-order chi connectivity index (χ1) is 9.78.